The van der Waals surface area contributed by atoms with Crippen LogP contribution in [0.4, 0.5) is 5.69 Å². The van der Waals surface area contributed by atoms with Gasteiger partial charge in [-0.05, 0) is 67.8 Å². The van der Waals surface area contributed by atoms with Gasteiger partial charge in [-0.2, -0.15) is 0 Å². The number of amides is 2. The fourth-order valence-corrected chi connectivity index (χ4v) is 6.71. The molecule has 0 fully saturated rings. The highest BCUT2D eigenvalue weighted by Crippen LogP contribution is 2.28. The molecule has 0 radical (unpaired) electrons. The van der Waals surface area contributed by atoms with Gasteiger partial charge in [-0.25, -0.2) is 8.42 Å². The Labute approximate surface area is 259 Å². The van der Waals surface area contributed by atoms with Crippen molar-refractivity contribution < 1.29 is 18.0 Å². The molecular formula is C34H36ClN3O4S. The van der Waals surface area contributed by atoms with Gasteiger partial charge in [0.15, 0.2) is 0 Å². The molecule has 1 N–H and O–H groups in total. The van der Waals surface area contributed by atoms with Gasteiger partial charge in [0.05, 0.1) is 10.6 Å². The van der Waals surface area contributed by atoms with Gasteiger partial charge in [-0.3, -0.25) is 13.9 Å². The lowest BCUT2D eigenvalue weighted by Gasteiger charge is -2.34. The van der Waals surface area contributed by atoms with E-state index in [1.807, 2.05) is 69.3 Å². The van der Waals surface area contributed by atoms with Crippen molar-refractivity contribution in [3.05, 3.63) is 130 Å². The number of carbonyl (C=O) groups excluding carboxylic acids is 2. The lowest BCUT2D eigenvalue weighted by Crippen LogP contribution is -2.53. The summed E-state index contributed by atoms with van der Waals surface area (Å²) in [6, 6.07) is 29.0. The molecule has 0 aliphatic heterocycles. The van der Waals surface area contributed by atoms with Gasteiger partial charge in [-0.15, -0.1) is 0 Å². The first-order valence-electron chi connectivity index (χ1n) is 14.1. The van der Waals surface area contributed by atoms with E-state index in [0.29, 0.717) is 28.4 Å². The summed E-state index contributed by atoms with van der Waals surface area (Å²) in [5.41, 5.74) is 3.64. The summed E-state index contributed by atoms with van der Waals surface area (Å²) in [5.74, 6) is -0.850. The molecule has 0 saturated heterocycles. The maximum absolute atomic E-state index is 14.4. The summed E-state index contributed by atoms with van der Waals surface area (Å²) in [7, 11) is -4.15. The Balaban J connectivity index is 1.81. The van der Waals surface area contributed by atoms with E-state index in [9.17, 15) is 18.0 Å². The van der Waals surface area contributed by atoms with Crippen LogP contribution in [0, 0.1) is 13.8 Å². The minimum Gasteiger partial charge on any atom is -0.355 e. The molecule has 0 spiro atoms. The lowest BCUT2D eigenvalue weighted by molar-refractivity contribution is -0.140. The second-order valence-corrected chi connectivity index (χ2v) is 12.7. The molecule has 0 aliphatic rings. The molecule has 0 aromatic heterocycles. The topological polar surface area (TPSA) is 86.8 Å². The maximum atomic E-state index is 14.4. The first kappa shape index (κ1) is 31.8. The second-order valence-electron chi connectivity index (χ2n) is 10.4. The average Bonchev–Trinajstić information content (AvgIpc) is 2.99. The summed E-state index contributed by atoms with van der Waals surface area (Å²) in [6.07, 6.45) is 0.244. The highest BCUT2D eigenvalue weighted by atomic mass is 35.5. The largest absolute Gasteiger partial charge is 0.355 e. The third kappa shape index (κ3) is 8.03. The highest BCUT2D eigenvalue weighted by molar-refractivity contribution is 7.92. The Morgan fingerprint density at radius 3 is 2.12 bits per heavy atom. The van der Waals surface area contributed by atoms with Crippen molar-refractivity contribution in [1.29, 1.82) is 0 Å². The number of hydrogen-bond donors (Lipinski definition) is 1. The SMILES string of the molecule is CCNC(=O)[C@H](Cc1ccccc1)N(Cc1cccc(Cl)c1)C(=O)CN(c1ccc(C)cc1C)S(=O)(=O)c1ccccc1. The van der Waals surface area contributed by atoms with Crippen LogP contribution in [0.25, 0.3) is 0 Å². The van der Waals surface area contributed by atoms with Crippen LogP contribution in [0.1, 0.15) is 29.2 Å². The normalized spacial score (nSPS) is 11.9. The van der Waals surface area contributed by atoms with E-state index in [-0.39, 0.29) is 23.8 Å². The predicted octanol–water partition coefficient (Wildman–Crippen LogP) is 5.93. The van der Waals surface area contributed by atoms with Gasteiger partial charge in [0, 0.05) is 24.5 Å². The van der Waals surface area contributed by atoms with E-state index >= 15 is 0 Å². The van der Waals surface area contributed by atoms with Crippen molar-refractivity contribution in [1.82, 2.24) is 10.2 Å². The van der Waals surface area contributed by atoms with Crippen LogP contribution in [0.2, 0.25) is 5.02 Å². The Kier molecular flexibility index (Phi) is 10.6. The van der Waals surface area contributed by atoms with Crippen LogP contribution in [-0.4, -0.2) is 44.3 Å². The van der Waals surface area contributed by atoms with E-state index in [1.165, 1.54) is 17.0 Å². The van der Waals surface area contributed by atoms with Gasteiger partial charge in [0.25, 0.3) is 10.0 Å². The van der Waals surface area contributed by atoms with Gasteiger partial charge >= 0.3 is 0 Å². The molecule has 0 saturated carbocycles. The van der Waals surface area contributed by atoms with E-state index in [0.717, 1.165) is 15.4 Å². The van der Waals surface area contributed by atoms with Crippen LogP contribution in [0.3, 0.4) is 0 Å². The molecule has 0 aliphatic carbocycles. The number of nitrogens with zero attached hydrogens (tertiary/aromatic N) is 2. The average molecular weight is 618 g/mol. The third-order valence-corrected chi connectivity index (χ3v) is 9.10. The number of sulfonamides is 1. The quantitative estimate of drug-likeness (QED) is 0.214. The van der Waals surface area contributed by atoms with Crippen LogP contribution in [0.15, 0.2) is 108 Å². The molecule has 4 rings (SSSR count). The van der Waals surface area contributed by atoms with Crippen LogP contribution in [-0.2, 0) is 32.6 Å². The first-order chi connectivity index (χ1) is 20.6. The Morgan fingerprint density at radius 2 is 1.49 bits per heavy atom. The standard InChI is InChI=1S/C34H36ClN3O4S/c1-4-36-34(40)32(22-27-12-7-5-8-13-27)37(23-28-14-11-15-29(35)21-28)33(39)24-38(31-19-18-25(2)20-26(31)3)43(41,42)30-16-9-6-10-17-30/h5-21,32H,4,22-24H2,1-3H3,(H,36,40)/t32-/m0/s1. The molecule has 43 heavy (non-hydrogen) atoms. The van der Waals surface area contributed by atoms with Crippen LogP contribution >= 0.6 is 11.6 Å². The number of nitrogens with one attached hydrogen (secondary N) is 1. The van der Waals surface area contributed by atoms with Gasteiger partial charge in [-0.1, -0.05) is 90.0 Å². The van der Waals surface area contributed by atoms with E-state index < -0.39 is 28.5 Å². The van der Waals surface area contributed by atoms with Crippen LogP contribution < -0.4 is 9.62 Å². The van der Waals surface area contributed by atoms with Crippen LogP contribution in [0.5, 0.6) is 0 Å². The number of halogens is 1. The number of benzene rings is 4. The minimum absolute atomic E-state index is 0.0557. The molecule has 1 atom stereocenters. The second kappa shape index (κ2) is 14.4. The van der Waals surface area contributed by atoms with Crippen molar-refractivity contribution in [2.45, 2.75) is 44.7 Å². The zero-order chi connectivity index (χ0) is 31.0. The number of hydrogen-bond acceptors (Lipinski definition) is 4. The van der Waals surface area contributed by atoms with Crippen molar-refractivity contribution in [3.8, 4) is 0 Å². The maximum Gasteiger partial charge on any atom is 0.264 e. The summed E-state index contributed by atoms with van der Waals surface area (Å²) in [5, 5.41) is 3.36. The molecule has 9 heteroatoms. The molecule has 4 aromatic rings. The van der Waals surface area contributed by atoms with E-state index in [1.54, 1.807) is 42.5 Å². The molecule has 0 heterocycles. The Morgan fingerprint density at radius 1 is 0.837 bits per heavy atom. The lowest BCUT2D eigenvalue weighted by atomic mass is 10.0. The highest BCUT2D eigenvalue weighted by Gasteiger charge is 2.35. The smallest absolute Gasteiger partial charge is 0.264 e. The summed E-state index contributed by atoms with van der Waals surface area (Å²) < 4.78 is 29.3. The van der Waals surface area contributed by atoms with E-state index in [4.69, 9.17) is 11.6 Å². The Bertz CT molecular complexity index is 1660. The van der Waals surface area contributed by atoms with Crippen molar-refractivity contribution in [2.24, 2.45) is 0 Å². The fourth-order valence-electron chi connectivity index (χ4n) is 5.00. The number of carbonyl (C=O) groups is 2. The molecule has 4 aromatic carbocycles. The summed E-state index contributed by atoms with van der Waals surface area (Å²) in [6.45, 7) is 5.48. The molecule has 0 bridgehead atoms. The summed E-state index contributed by atoms with van der Waals surface area (Å²) in [4.78, 5) is 29.5. The van der Waals surface area contributed by atoms with Crippen molar-refractivity contribution in [2.75, 3.05) is 17.4 Å². The van der Waals surface area contributed by atoms with Crippen molar-refractivity contribution >= 4 is 39.1 Å². The number of anilines is 1. The Hall–Kier alpha value is -4.14. The van der Waals surface area contributed by atoms with E-state index in [2.05, 4.69) is 5.32 Å². The minimum atomic E-state index is -4.15. The molecule has 224 valence electrons. The molecule has 2 amide bonds. The van der Waals surface area contributed by atoms with Gasteiger partial charge < -0.3 is 10.2 Å². The summed E-state index contributed by atoms with van der Waals surface area (Å²) >= 11 is 6.28. The monoisotopic (exact) mass is 617 g/mol. The third-order valence-electron chi connectivity index (χ3n) is 7.10. The van der Waals surface area contributed by atoms with Gasteiger partial charge in [0.1, 0.15) is 12.6 Å². The zero-order valence-corrected chi connectivity index (χ0v) is 26.1. The van der Waals surface area contributed by atoms with Crippen molar-refractivity contribution in [3.63, 3.8) is 0 Å². The number of likely N-dealkylation sites (N-methyl/N-ethyl adjacent to an activating group) is 1. The number of aryl methyl sites for hydroxylation is 2. The zero-order valence-electron chi connectivity index (χ0n) is 24.5. The number of rotatable bonds is 12. The predicted molar refractivity (Wildman–Crippen MR) is 172 cm³/mol. The first-order valence-corrected chi connectivity index (χ1v) is 15.9. The van der Waals surface area contributed by atoms with Gasteiger partial charge in [0.2, 0.25) is 11.8 Å². The fraction of sp³-hybridized carbons (Fsp3) is 0.235. The molecule has 7 nitrogen and oxygen atoms in total. The molecular weight excluding hydrogens is 582 g/mol. The molecule has 0 unspecified atom stereocenters.